The Morgan fingerprint density at radius 1 is 1.07 bits per heavy atom. The lowest BCUT2D eigenvalue weighted by molar-refractivity contribution is -0.121. The number of benzene rings is 2. The predicted octanol–water partition coefficient (Wildman–Crippen LogP) is 3.04. The molecule has 1 aliphatic rings. The molecule has 1 atom stereocenters. The molecule has 0 radical (unpaired) electrons. The zero-order valence-corrected chi connectivity index (χ0v) is 17.3. The van der Waals surface area contributed by atoms with Crippen molar-refractivity contribution in [1.82, 2.24) is 5.01 Å². The van der Waals surface area contributed by atoms with Gasteiger partial charge in [0.25, 0.3) is 0 Å². The van der Waals surface area contributed by atoms with Crippen LogP contribution in [0.2, 0.25) is 0 Å². The second kappa shape index (κ2) is 8.34. The fraction of sp³-hybridized carbons (Fsp3) is 0.318. The van der Waals surface area contributed by atoms with Gasteiger partial charge in [-0.1, -0.05) is 18.2 Å². The lowest BCUT2D eigenvalue weighted by atomic mass is 9.90. The van der Waals surface area contributed by atoms with Crippen LogP contribution in [0.5, 0.6) is 11.5 Å². The molecular weight excluding hydrogens is 370 g/mol. The van der Waals surface area contributed by atoms with Crippen LogP contribution in [0.4, 0.5) is 5.69 Å². The number of ether oxygens (including phenoxy) is 2. The third-order valence-electron chi connectivity index (χ3n) is 4.83. The van der Waals surface area contributed by atoms with Gasteiger partial charge in [-0.25, -0.2) is 0 Å². The highest BCUT2D eigenvalue weighted by Crippen LogP contribution is 2.39. The van der Waals surface area contributed by atoms with Gasteiger partial charge in [0.2, 0.25) is 11.8 Å². The molecule has 1 saturated heterocycles. The van der Waals surface area contributed by atoms with Crippen LogP contribution in [0.15, 0.2) is 47.6 Å². The summed E-state index contributed by atoms with van der Waals surface area (Å²) in [6, 6.07) is 12.5. The minimum atomic E-state index is -0.621. The number of para-hydroxylation sites is 1. The molecule has 2 amide bonds. The molecule has 152 valence electrons. The normalized spacial score (nSPS) is 16.9. The van der Waals surface area contributed by atoms with Crippen molar-refractivity contribution >= 4 is 23.2 Å². The van der Waals surface area contributed by atoms with Crippen molar-refractivity contribution in [3.8, 4) is 11.5 Å². The van der Waals surface area contributed by atoms with Gasteiger partial charge in [0.1, 0.15) is 0 Å². The topological polar surface area (TPSA) is 71.4 Å². The van der Waals surface area contributed by atoms with E-state index in [2.05, 4.69) is 5.10 Å². The first-order chi connectivity index (χ1) is 13.9. The summed E-state index contributed by atoms with van der Waals surface area (Å²) >= 11 is 0. The van der Waals surface area contributed by atoms with E-state index in [9.17, 15) is 9.59 Å². The summed E-state index contributed by atoms with van der Waals surface area (Å²) in [5.41, 5.74) is 2.73. The largest absolute Gasteiger partial charge is 0.493 e. The van der Waals surface area contributed by atoms with Gasteiger partial charge in [0.05, 0.1) is 31.5 Å². The number of carbonyl (C=O) groups excluding carboxylic acids is 2. The first-order valence-electron chi connectivity index (χ1n) is 9.28. The molecule has 2 aromatic rings. The molecule has 0 aromatic heterocycles. The average molecular weight is 395 g/mol. The smallest absolute Gasteiger partial charge is 0.241 e. The van der Waals surface area contributed by atoms with E-state index >= 15 is 0 Å². The van der Waals surface area contributed by atoms with Crippen molar-refractivity contribution in [2.24, 2.45) is 5.10 Å². The zero-order valence-electron chi connectivity index (χ0n) is 17.3. The summed E-state index contributed by atoms with van der Waals surface area (Å²) in [6.07, 6.45) is 0.0887. The second-order valence-corrected chi connectivity index (χ2v) is 6.99. The van der Waals surface area contributed by atoms with E-state index < -0.39 is 5.92 Å². The van der Waals surface area contributed by atoms with Gasteiger partial charge in [0, 0.05) is 26.1 Å². The Morgan fingerprint density at radius 2 is 1.69 bits per heavy atom. The Bertz CT molecular complexity index is 954. The molecule has 1 unspecified atom stereocenters. The van der Waals surface area contributed by atoms with E-state index in [0.29, 0.717) is 28.5 Å². The van der Waals surface area contributed by atoms with Crippen molar-refractivity contribution in [1.29, 1.82) is 0 Å². The molecule has 0 aliphatic carbocycles. The molecule has 3 rings (SSSR count). The lowest BCUT2D eigenvalue weighted by Gasteiger charge is -2.19. The van der Waals surface area contributed by atoms with Gasteiger partial charge < -0.3 is 14.5 Å². The van der Waals surface area contributed by atoms with Crippen LogP contribution in [0.3, 0.4) is 0 Å². The summed E-state index contributed by atoms with van der Waals surface area (Å²) in [7, 11) is 6.75. The molecule has 1 heterocycles. The second-order valence-electron chi connectivity index (χ2n) is 6.99. The molecule has 0 spiro atoms. The van der Waals surface area contributed by atoms with E-state index in [-0.39, 0.29) is 18.2 Å². The van der Waals surface area contributed by atoms with Gasteiger partial charge in [0.15, 0.2) is 11.5 Å². The molecule has 2 aromatic carbocycles. The van der Waals surface area contributed by atoms with Crippen LogP contribution in [0.1, 0.15) is 30.4 Å². The minimum absolute atomic E-state index is 0.0887. The van der Waals surface area contributed by atoms with Crippen LogP contribution in [-0.2, 0) is 9.59 Å². The number of nitrogens with zero attached hydrogens (tertiary/aromatic N) is 3. The lowest BCUT2D eigenvalue weighted by Crippen LogP contribution is -2.30. The van der Waals surface area contributed by atoms with Gasteiger partial charge in [-0.2, -0.15) is 5.10 Å². The first-order valence-corrected chi connectivity index (χ1v) is 9.28. The fourth-order valence-corrected chi connectivity index (χ4v) is 3.57. The van der Waals surface area contributed by atoms with E-state index in [1.54, 1.807) is 55.6 Å². The molecule has 1 fully saturated rings. The molecule has 7 nitrogen and oxygen atoms in total. The van der Waals surface area contributed by atoms with Crippen molar-refractivity contribution < 1.29 is 19.1 Å². The molecule has 0 saturated carbocycles. The Kier molecular flexibility index (Phi) is 5.87. The van der Waals surface area contributed by atoms with Crippen LogP contribution < -0.4 is 14.4 Å². The number of imide groups is 1. The first kappa shape index (κ1) is 20.4. The SMILES string of the molecule is COc1cc(C(C)=NN(C)C)c(C2CC(=O)N(c3ccccc3)C2=O)cc1OC. The minimum Gasteiger partial charge on any atom is -0.493 e. The maximum Gasteiger partial charge on any atom is 0.241 e. The van der Waals surface area contributed by atoms with E-state index in [0.717, 1.165) is 5.56 Å². The fourth-order valence-electron chi connectivity index (χ4n) is 3.57. The predicted molar refractivity (Wildman–Crippen MR) is 112 cm³/mol. The summed E-state index contributed by atoms with van der Waals surface area (Å²) in [5.74, 6) is -0.0650. The maximum atomic E-state index is 13.3. The molecule has 0 bridgehead atoms. The number of hydrogen-bond donors (Lipinski definition) is 0. The van der Waals surface area contributed by atoms with Crippen molar-refractivity contribution in [3.05, 3.63) is 53.6 Å². The molecule has 7 heteroatoms. The molecule has 1 aliphatic heterocycles. The standard InChI is InChI=1S/C22H25N3O4/c1-14(23-24(2)3)16-11-19(28-4)20(29-5)12-17(16)18-13-21(26)25(22(18)27)15-9-7-6-8-10-15/h6-12,18H,13H2,1-5H3. The van der Waals surface area contributed by atoms with E-state index in [1.165, 1.54) is 4.90 Å². The highest BCUT2D eigenvalue weighted by atomic mass is 16.5. The summed E-state index contributed by atoms with van der Waals surface area (Å²) in [5, 5.41) is 6.16. The average Bonchev–Trinajstić information content (AvgIpc) is 3.00. The Hall–Kier alpha value is -3.35. The third-order valence-corrected chi connectivity index (χ3v) is 4.83. The Balaban J connectivity index is 2.12. The summed E-state index contributed by atoms with van der Waals surface area (Å²) in [4.78, 5) is 27.2. The number of rotatable bonds is 6. The number of methoxy groups -OCH3 is 2. The van der Waals surface area contributed by atoms with E-state index in [1.807, 2.05) is 27.1 Å². The van der Waals surface area contributed by atoms with Gasteiger partial charge in [-0.15, -0.1) is 0 Å². The molecular formula is C22H25N3O4. The van der Waals surface area contributed by atoms with Gasteiger partial charge in [-0.05, 0) is 36.8 Å². The number of amides is 2. The Labute approximate surface area is 170 Å². The number of carbonyl (C=O) groups is 2. The quantitative estimate of drug-likeness (QED) is 0.427. The van der Waals surface area contributed by atoms with Crippen LogP contribution in [0.25, 0.3) is 0 Å². The molecule has 29 heavy (non-hydrogen) atoms. The van der Waals surface area contributed by atoms with E-state index in [4.69, 9.17) is 9.47 Å². The number of hydrazone groups is 1. The van der Waals surface area contributed by atoms with Gasteiger partial charge in [-0.3, -0.25) is 14.5 Å². The summed E-state index contributed by atoms with van der Waals surface area (Å²) < 4.78 is 10.9. The third kappa shape index (κ3) is 3.94. The highest BCUT2D eigenvalue weighted by Gasteiger charge is 2.41. The van der Waals surface area contributed by atoms with Crippen LogP contribution in [0, 0.1) is 0 Å². The van der Waals surface area contributed by atoms with Crippen molar-refractivity contribution in [3.63, 3.8) is 0 Å². The van der Waals surface area contributed by atoms with Gasteiger partial charge >= 0.3 is 0 Å². The van der Waals surface area contributed by atoms with Crippen molar-refractivity contribution in [2.45, 2.75) is 19.3 Å². The molecule has 0 N–H and O–H groups in total. The Morgan fingerprint density at radius 3 is 2.28 bits per heavy atom. The number of anilines is 1. The van der Waals surface area contributed by atoms with Crippen LogP contribution >= 0.6 is 0 Å². The highest BCUT2D eigenvalue weighted by molar-refractivity contribution is 6.23. The maximum absolute atomic E-state index is 13.3. The monoisotopic (exact) mass is 395 g/mol. The number of hydrogen-bond acceptors (Lipinski definition) is 6. The summed E-state index contributed by atoms with van der Waals surface area (Å²) in [6.45, 7) is 1.86. The van der Waals surface area contributed by atoms with Crippen LogP contribution in [-0.4, -0.2) is 50.8 Å². The van der Waals surface area contributed by atoms with Crippen molar-refractivity contribution in [2.75, 3.05) is 33.2 Å². The zero-order chi connectivity index (χ0) is 21.1.